The van der Waals surface area contributed by atoms with Crippen LogP contribution in [0.5, 0.6) is 0 Å². The number of nitrogens with zero attached hydrogens (tertiary/aromatic N) is 1. The van der Waals surface area contributed by atoms with Gasteiger partial charge in [0.2, 0.25) is 0 Å². The topological polar surface area (TPSA) is 52.0 Å². The maximum atomic E-state index is 5.81. The van der Waals surface area contributed by atoms with Gasteiger partial charge in [-0.15, -0.1) is 0 Å². The van der Waals surface area contributed by atoms with Crippen LogP contribution < -0.4 is 5.73 Å². The number of rotatable bonds is 0. The molecule has 0 aliphatic rings. The maximum absolute atomic E-state index is 5.81. The highest BCUT2D eigenvalue weighted by atomic mass is 16.3. The number of anilines is 1. The molecule has 1 aromatic carbocycles. The summed E-state index contributed by atoms with van der Waals surface area (Å²) < 4.78 is 5.47. The normalized spacial score (nSPS) is 11.0. The first-order chi connectivity index (χ1) is 6.09. The molecule has 0 bridgehead atoms. The highest BCUT2D eigenvalue weighted by Crippen LogP contribution is 2.26. The highest BCUT2D eigenvalue weighted by Gasteiger charge is 2.10. The molecule has 2 rings (SSSR count). The molecule has 68 valence electrons. The van der Waals surface area contributed by atoms with Gasteiger partial charge in [-0.2, -0.15) is 0 Å². The van der Waals surface area contributed by atoms with Gasteiger partial charge in [0.05, 0.1) is 0 Å². The standard InChI is InChI=1S/C10H12N2O/c1-5-4-8(11)6(2)9-10(5)13-7(3)12-9/h4H,11H2,1-3H3. The molecule has 1 aromatic heterocycles. The summed E-state index contributed by atoms with van der Waals surface area (Å²) in [6.45, 7) is 5.77. The van der Waals surface area contributed by atoms with E-state index in [9.17, 15) is 0 Å². The zero-order valence-electron chi connectivity index (χ0n) is 8.01. The van der Waals surface area contributed by atoms with Gasteiger partial charge in [-0.25, -0.2) is 4.98 Å². The van der Waals surface area contributed by atoms with Gasteiger partial charge in [0.25, 0.3) is 0 Å². The van der Waals surface area contributed by atoms with E-state index in [2.05, 4.69) is 4.98 Å². The van der Waals surface area contributed by atoms with Gasteiger partial charge in [-0.1, -0.05) is 0 Å². The fourth-order valence-electron chi connectivity index (χ4n) is 1.49. The number of benzene rings is 1. The summed E-state index contributed by atoms with van der Waals surface area (Å²) >= 11 is 0. The Balaban J connectivity index is 2.95. The van der Waals surface area contributed by atoms with Crippen molar-refractivity contribution in [1.82, 2.24) is 4.98 Å². The Morgan fingerprint density at radius 2 is 2.00 bits per heavy atom. The van der Waals surface area contributed by atoms with Gasteiger partial charge in [0.15, 0.2) is 11.5 Å². The molecule has 0 radical (unpaired) electrons. The molecule has 2 aromatic rings. The first-order valence-electron chi connectivity index (χ1n) is 4.22. The van der Waals surface area contributed by atoms with Crippen molar-refractivity contribution in [2.24, 2.45) is 0 Å². The average molecular weight is 176 g/mol. The number of hydrogen-bond donors (Lipinski definition) is 1. The largest absolute Gasteiger partial charge is 0.441 e. The van der Waals surface area contributed by atoms with E-state index >= 15 is 0 Å². The molecular formula is C10H12N2O. The van der Waals surface area contributed by atoms with Gasteiger partial charge in [-0.3, -0.25) is 0 Å². The summed E-state index contributed by atoms with van der Waals surface area (Å²) in [5.41, 5.74) is 10.4. The highest BCUT2D eigenvalue weighted by molar-refractivity contribution is 5.84. The fraction of sp³-hybridized carbons (Fsp3) is 0.300. The van der Waals surface area contributed by atoms with Gasteiger partial charge < -0.3 is 10.2 Å². The summed E-state index contributed by atoms with van der Waals surface area (Å²) in [6, 6.07) is 1.92. The molecule has 0 unspecified atom stereocenters. The van der Waals surface area contributed by atoms with Gasteiger partial charge in [0, 0.05) is 18.2 Å². The van der Waals surface area contributed by atoms with E-state index in [1.165, 1.54) is 0 Å². The molecule has 0 fully saturated rings. The van der Waals surface area contributed by atoms with Crippen LogP contribution in [0.15, 0.2) is 10.5 Å². The average Bonchev–Trinajstić information content (AvgIpc) is 2.44. The number of aryl methyl sites for hydroxylation is 3. The zero-order chi connectivity index (χ0) is 9.59. The summed E-state index contributed by atoms with van der Waals surface area (Å²) in [7, 11) is 0. The Bertz CT molecular complexity index is 471. The molecule has 0 saturated heterocycles. The van der Waals surface area contributed by atoms with Gasteiger partial charge in [0.1, 0.15) is 5.52 Å². The third-order valence-corrected chi connectivity index (χ3v) is 2.25. The second-order valence-electron chi connectivity index (χ2n) is 3.32. The summed E-state index contributed by atoms with van der Waals surface area (Å²) in [5.74, 6) is 0.687. The Labute approximate surface area is 76.6 Å². The molecule has 13 heavy (non-hydrogen) atoms. The third kappa shape index (κ3) is 1.08. The first kappa shape index (κ1) is 8.10. The number of aromatic nitrogens is 1. The van der Waals surface area contributed by atoms with E-state index in [4.69, 9.17) is 10.2 Å². The Morgan fingerprint density at radius 3 is 2.69 bits per heavy atom. The lowest BCUT2D eigenvalue weighted by molar-refractivity contribution is 0.559. The van der Waals surface area contributed by atoms with Crippen molar-refractivity contribution < 1.29 is 4.42 Å². The lowest BCUT2D eigenvalue weighted by Gasteiger charge is -2.01. The van der Waals surface area contributed by atoms with Crippen molar-refractivity contribution in [3.05, 3.63) is 23.1 Å². The maximum Gasteiger partial charge on any atom is 0.192 e. The molecule has 0 spiro atoms. The van der Waals surface area contributed by atoms with E-state index in [0.717, 1.165) is 27.9 Å². The number of nitrogen functional groups attached to an aromatic ring is 1. The van der Waals surface area contributed by atoms with Crippen molar-refractivity contribution in [1.29, 1.82) is 0 Å². The van der Waals surface area contributed by atoms with Crippen LogP contribution in [0.25, 0.3) is 11.1 Å². The summed E-state index contributed by atoms with van der Waals surface area (Å²) in [6.07, 6.45) is 0. The number of hydrogen-bond acceptors (Lipinski definition) is 3. The van der Waals surface area contributed by atoms with Crippen LogP contribution in [0.4, 0.5) is 5.69 Å². The minimum absolute atomic E-state index is 0.687. The molecular weight excluding hydrogens is 164 g/mol. The van der Waals surface area contributed by atoms with E-state index in [1.807, 2.05) is 26.8 Å². The van der Waals surface area contributed by atoms with Crippen LogP contribution in [0.2, 0.25) is 0 Å². The molecule has 3 nitrogen and oxygen atoms in total. The SMILES string of the molecule is Cc1nc2c(C)c(N)cc(C)c2o1. The van der Waals surface area contributed by atoms with Crippen LogP contribution in [0.1, 0.15) is 17.0 Å². The van der Waals surface area contributed by atoms with Crippen molar-refractivity contribution >= 4 is 16.8 Å². The third-order valence-electron chi connectivity index (χ3n) is 2.25. The van der Waals surface area contributed by atoms with Crippen molar-refractivity contribution in [2.75, 3.05) is 5.73 Å². The number of fused-ring (bicyclic) bond motifs is 1. The Kier molecular flexibility index (Phi) is 1.55. The smallest absolute Gasteiger partial charge is 0.192 e. The van der Waals surface area contributed by atoms with Crippen LogP contribution in [-0.2, 0) is 0 Å². The van der Waals surface area contributed by atoms with Gasteiger partial charge in [-0.05, 0) is 25.5 Å². The molecule has 3 heteroatoms. The first-order valence-corrected chi connectivity index (χ1v) is 4.22. The predicted octanol–water partition coefficient (Wildman–Crippen LogP) is 2.34. The Morgan fingerprint density at radius 1 is 1.31 bits per heavy atom. The van der Waals surface area contributed by atoms with Crippen LogP contribution in [0.3, 0.4) is 0 Å². The van der Waals surface area contributed by atoms with E-state index in [-0.39, 0.29) is 0 Å². The zero-order valence-corrected chi connectivity index (χ0v) is 8.01. The Hall–Kier alpha value is -1.51. The van der Waals surface area contributed by atoms with Crippen molar-refractivity contribution in [3.8, 4) is 0 Å². The van der Waals surface area contributed by atoms with Gasteiger partial charge >= 0.3 is 0 Å². The number of nitrogens with two attached hydrogens (primary N) is 1. The second-order valence-corrected chi connectivity index (χ2v) is 3.32. The van der Waals surface area contributed by atoms with Crippen molar-refractivity contribution in [2.45, 2.75) is 20.8 Å². The molecule has 0 amide bonds. The van der Waals surface area contributed by atoms with E-state index < -0.39 is 0 Å². The molecule has 1 heterocycles. The fourth-order valence-corrected chi connectivity index (χ4v) is 1.49. The van der Waals surface area contributed by atoms with E-state index in [1.54, 1.807) is 0 Å². The molecule has 0 aliphatic carbocycles. The predicted molar refractivity (Wildman–Crippen MR) is 52.6 cm³/mol. The monoisotopic (exact) mass is 176 g/mol. The molecule has 0 aliphatic heterocycles. The van der Waals surface area contributed by atoms with Crippen LogP contribution in [-0.4, -0.2) is 4.98 Å². The van der Waals surface area contributed by atoms with Crippen LogP contribution in [0, 0.1) is 20.8 Å². The lowest BCUT2D eigenvalue weighted by atomic mass is 10.1. The quantitative estimate of drug-likeness (QED) is 0.627. The second kappa shape index (κ2) is 2.49. The minimum atomic E-state index is 0.687. The number of oxazole rings is 1. The van der Waals surface area contributed by atoms with Crippen molar-refractivity contribution in [3.63, 3.8) is 0 Å². The van der Waals surface area contributed by atoms with Crippen LogP contribution >= 0.6 is 0 Å². The lowest BCUT2D eigenvalue weighted by Crippen LogP contribution is -1.91. The van der Waals surface area contributed by atoms with E-state index in [0.29, 0.717) is 5.89 Å². The minimum Gasteiger partial charge on any atom is -0.441 e. The molecule has 0 saturated carbocycles. The molecule has 0 atom stereocenters. The summed E-state index contributed by atoms with van der Waals surface area (Å²) in [4.78, 5) is 4.29. The summed E-state index contributed by atoms with van der Waals surface area (Å²) in [5, 5.41) is 0. The molecule has 2 N–H and O–H groups in total.